The van der Waals surface area contributed by atoms with E-state index in [-0.39, 0.29) is 6.10 Å². The van der Waals surface area contributed by atoms with E-state index in [1.54, 1.807) is 7.05 Å². The summed E-state index contributed by atoms with van der Waals surface area (Å²) in [6, 6.07) is 7.87. The Labute approximate surface area is 151 Å². The molecule has 1 aromatic carbocycles. The summed E-state index contributed by atoms with van der Waals surface area (Å²) in [5.74, 6) is 1.61. The Kier molecular flexibility index (Phi) is 8.55. The highest BCUT2D eigenvalue weighted by Gasteiger charge is 2.14. The van der Waals surface area contributed by atoms with Crippen LogP contribution in [0, 0.1) is 0 Å². The number of nitrogens with one attached hydrogen (secondary N) is 2. The van der Waals surface area contributed by atoms with Crippen molar-refractivity contribution in [3.63, 3.8) is 0 Å². The monoisotopic (exact) mass is 349 g/mol. The van der Waals surface area contributed by atoms with Crippen LogP contribution in [0.2, 0.25) is 0 Å². The molecular weight excluding hydrogens is 318 g/mol. The van der Waals surface area contributed by atoms with Crippen LogP contribution in [0.1, 0.15) is 33.1 Å². The molecule has 0 aromatic heterocycles. The molecule has 1 atom stereocenters. The zero-order valence-corrected chi connectivity index (χ0v) is 15.6. The van der Waals surface area contributed by atoms with Gasteiger partial charge in [0, 0.05) is 32.5 Å². The first-order valence-electron chi connectivity index (χ1n) is 9.11. The van der Waals surface area contributed by atoms with E-state index in [1.807, 2.05) is 38.1 Å². The summed E-state index contributed by atoms with van der Waals surface area (Å²) >= 11 is 0. The van der Waals surface area contributed by atoms with Crippen molar-refractivity contribution in [2.45, 2.75) is 45.3 Å². The molecule has 6 heteroatoms. The van der Waals surface area contributed by atoms with Crippen LogP contribution in [0.15, 0.2) is 29.3 Å². The third-order valence-corrected chi connectivity index (χ3v) is 3.80. The highest BCUT2D eigenvalue weighted by Crippen LogP contribution is 2.16. The number of nitrogens with zero attached hydrogens (tertiary/aromatic N) is 1. The quantitative estimate of drug-likeness (QED) is 0.408. The van der Waals surface area contributed by atoms with Gasteiger partial charge in [-0.2, -0.15) is 0 Å². The molecule has 2 N–H and O–H groups in total. The van der Waals surface area contributed by atoms with E-state index in [0.717, 1.165) is 56.4 Å². The van der Waals surface area contributed by atoms with Crippen molar-refractivity contribution in [2.75, 3.05) is 38.7 Å². The summed E-state index contributed by atoms with van der Waals surface area (Å²) in [7, 11) is 1.76. The first kappa shape index (κ1) is 19.5. The predicted molar refractivity (Wildman–Crippen MR) is 102 cm³/mol. The van der Waals surface area contributed by atoms with Gasteiger partial charge in [-0.15, -0.1) is 0 Å². The average Bonchev–Trinajstić information content (AvgIpc) is 3.11. The van der Waals surface area contributed by atoms with Crippen molar-refractivity contribution in [2.24, 2.45) is 4.99 Å². The van der Waals surface area contributed by atoms with Gasteiger partial charge in [-0.3, -0.25) is 4.99 Å². The number of guanidine groups is 1. The zero-order chi connectivity index (χ0) is 17.9. The largest absolute Gasteiger partial charge is 0.491 e. The normalized spacial score (nSPS) is 17.8. The third-order valence-electron chi connectivity index (χ3n) is 3.80. The number of anilines is 1. The van der Waals surface area contributed by atoms with Crippen molar-refractivity contribution in [1.82, 2.24) is 5.32 Å². The summed E-state index contributed by atoms with van der Waals surface area (Å²) in [5.41, 5.74) is 0.971. The van der Waals surface area contributed by atoms with E-state index in [4.69, 9.17) is 14.2 Å². The van der Waals surface area contributed by atoms with E-state index in [2.05, 4.69) is 15.6 Å². The molecule has 0 amide bonds. The summed E-state index contributed by atoms with van der Waals surface area (Å²) in [6.45, 7) is 7.15. The Hall–Kier alpha value is -1.79. The minimum atomic E-state index is 0.177. The van der Waals surface area contributed by atoms with E-state index < -0.39 is 0 Å². The second-order valence-electron chi connectivity index (χ2n) is 6.38. The van der Waals surface area contributed by atoms with Crippen LogP contribution in [0.3, 0.4) is 0 Å². The second-order valence-corrected chi connectivity index (χ2v) is 6.38. The Bertz CT molecular complexity index is 511. The molecule has 1 heterocycles. The zero-order valence-electron chi connectivity index (χ0n) is 15.6. The van der Waals surface area contributed by atoms with Gasteiger partial charge in [-0.25, -0.2) is 0 Å². The van der Waals surface area contributed by atoms with E-state index in [9.17, 15) is 0 Å². The minimum absolute atomic E-state index is 0.177. The molecule has 0 radical (unpaired) electrons. The molecule has 0 aliphatic carbocycles. The minimum Gasteiger partial charge on any atom is -0.491 e. The smallest absolute Gasteiger partial charge is 0.195 e. The number of ether oxygens (including phenoxy) is 3. The van der Waals surface area contributed by atoms with Gasteiger partial charge in [0.2, 0.25) is 0 Å². The number of hydrogen-bond acceptors (Lipinski definition) is 4. The lowest BCUT2D eigenvalue weighted by Crippen LogP contribution is -2.32. The highest BCUT2D eigenvalue weighted by molar-refractivity contribution is 5.93. The van der Waals surface area contributed by atoms with Gasteiger partial charge in [0.25, 0.3) is 0 Å². The molecule has 1 unspecified atom stereocenters. The van der Waals surface area contributed by atoms with Crippen molar-refractivity contribution < 1.29 is 14.2 Å². The Balaban J connectivity index is 1.61. The topological polar surface area (TPSA) is 64.1 Å². The van der Waals surface area contributed by atoms with Crippen LogP contribution in [-0.2, 0) is 9.47 Å². The molecule has 0 spiro atoms. The molecule has 2 rings (SSSR count). The molecule has 1 fully saturated rings. The van der Waals surface area contributed by atoms with Gasteiger partial charge in [0.1, 0.15) is 5.75 Å². The van der Waals surface area contributed by atoms with Gasteiger partial charge in [0.15, 0.2) is 5.96 Å². The molecular formula is C19H31N3O3. The maximum Gasteiger partial charge on any atom is 0.195 e. The van der Waals surface area contributed by atoms with Crippen molar-refractivity contribution in [1.29, 1.82) is 0 Å². The lowest BCUT2D eigenvalue weighted by molar-refractivity contribution is 0.0168. The Morgan fingerprint density at radius 3 is 2.76 bits per heavy atom. The van der Waals surface area contributed by atoms with Gasteiger partial charge in [-0.05, 0) is 57.4 Å². The van der Waals surface area contributed by atoms with Gasteiger partial charge < -0.3 is 24.8 Å². The summed E-state index contributed by atoms with van der Waals surface area (Å²) < 4.78 is 16.8. The molecule has 1 aliphatic rings. The fourth-order valence-corrected chi connectivity index (χ4v) is 2.58. The Morgan fingerprint density at radius 2 is 2.12 bits per heavy atom. The molecule has 1 aromatic rings. The standard InChI is InChI=1S/C19H31N3O3/c1-15(2)25-17-9-7-16(8-10-17)22-19(20-3)21-11-5-12-23-14-18-6-4-13-24-18/h7-10,15,18H,4-6,11-14H2,1-3H3,(H2,20,21,22). The lowest BCUT2D eigenvalue weighted by Gasteiger charge is -2.14. The van der Waals surface area contributed by atoms with Gasteiger partial charge >= 0.3 is 0 Å². The van der Waals surface area contributed by atoms with Crippen molar-refractivity contribution >= 4 is 11.6 Å². The molecule has 1 aliphatic heterocycles. The predicted octanol–water partition coefficient (Wildman–Crippen LogP) is 3.05. The first-order chi connectivity index (χ1) is 12.2. The Morgan fingerprint density at radius 1 is 1.32 bits per heavy atom. The van der Waals surface area contributed by atoms with Gasteiger partial charge in [-0.1, -0.05) is 0 Å². The summed E-state index contributed by atoms with van der Waals surface area (Å²) in [5, 5.41) is 6.56. The van der Waals surface area contributed by atoms with Crippen LogP contribution in [0.25, 0.3) is 0 Å². The fourth-order valence-electron chi connectivity index (χ4n) is 2.58. The highest BCUT2D eigenvalue weighted by atomic mass is 16.5. The number of rotatable bonds is 9. The molecule has 6 nitrogen and oxygen atoms in total. The van der Waals surface area contributed by atoms with Crippen LogP contribution < -0.4 is 15.4 Å². The van der Waals surface area contributed by atoms with E-state index in [1.165, 1.54) is 0 Å². The fraction of sp³-hybridized carbons (Fsp3) is 0.632. The number of benzene rings is 1. The van der Waals surface area contributed by atoms with Crippen molar-refractivity contribution in [3.05, 3.63) is 24.3 Å². The maximum atomic E-state index is 5.66. The van der Waals surface area contributed by atoms with Crippen LogP contribution >= 0.6 is 0 Å². The number of aliphatic imine (C=N–C) groups is 1. The van der Waals surface area contributed by atoms with Crippen LogP contribution in [0.5, 0.6) is 5.75 Å². The molecule has 0 bridgehead atoms. The lowest BCUT2D eigenvalue weighted by atomic mass is 10.2. The SMILES string of the molecule is CN=C(NCCCOCC1CCCO1)Nc1ccc(OC(C)C)cc1. The first-order valence-corrected chi connectivity index (χ1v) is 9.11. The maximum absolute atomic E-state index is 5.66. The number of hydrogen-bond donors (Lipinski definition) is 2. The molecule has 1 saturated heterocycles. The van der Waals surface area contributed by atoms with Crippen LogP contribution in [-0.4, -0.2) is 51.6 Å². The van der Waals surface area contributed by atoms with Gasteiger partial charge in [0.05, 0.1) is 18.8 Å². The van der Waals surface area contributed by atoms with E-state index >= 15 is 0 Å². The van der Waals surface area contributed by atoms with E-state index in [0.29, 0.717) is 12.7 Å². The third kappa shape index (κ3) is 7.75. The average molecular weight is 349 g/mol. The van der Waals surface area contributed by atoms with Crippen LogP contribution in [0.4, 0.5) is 5.69 Å². The second kappa shape index (κ2) is 10.9. The molecule has 25 heavy (non-hydrogen) atoms. The molecule has 140 valence electrons. The molecule has 0 saturated carbocycles. The summed E-state index contributed by atoms with van der Waals surface area (Å²) in [4.78, 5) is 4.24. The summed E-state index contributed by atoms with van der Waals surface area (Å²) in [6.07, 6.45) is 3.67. The van der Waals surface area contributed by atoms with Crippen molar-refractivity contribution in [3.8, 4) is 5.75 Å².